The van der Waals surface area contributed by atoms with Gasteiger partial charge in [0, 0.05) is 23.4 Å². The van der Waals surface area contributed by atoms with Crippen molar-refractivity contribution >= 4 is 29.2 Å². The van der Waals surface area contributed by atoms with Crippen molar-refractivity contribution in [3.63, 3.8) is 0 Å². The average molecular weight is 634 g/mol. The molecule has 0 radical (unpaired) electrons. The van der Waals surface area contributed by atoms with E-state index in [2.05, 4.69) is 0 Å². The van der Waals surface area contributed by atoms with E-state index in [1.54, 1.807) is 33.8 Å². The first kappa shape index (κ1) is 31.8. The molecule has 2 aliphatic heterocycles. The zero-order valence-corrected chi connectivity index (χ0v) is 25.7. The molecule has 2 aliphatic rings. The fourth-order valence-electron chi connectivity index (χ4n) is 6.07. The third-order valence-corrected chi connectivity index (χ3v) is 8.30. The molecule has 234 valence electrons. The maximum atomic E-state index is 15.6. The van der Waals surface area contributed by atoms with Crippen LogP contribution in [0.5, 0.6) is 5.75 Å². The molecule has 44 heavy (non-hydrogen) atoms. The van der Waals surface area contributed by atoms with E-state index in [0.717, 1.165) is 18.2 Å². The molecule has 3 aromatic carbocycles. The number of hydrogen-bond donors (Lipinski definition) is 1. The molecule has 5 rings (SSSR count). The molecule has 0 aromatic heterocycles. The van der Waals surface area contributed by atoms with E-state index in [4.69, 9.17) is 21.1 Å². The number of fused-ring (bicyclic) bond motifs is 2. The van der Waals surface area contributed by atoms with Gasteiger partial charge < -0.3 is 19.5 Å². The number of aliphatic carboxylic acids is 1. The highest BCUT2D eigenvalue weighted by atomic mass is 35.5. The molecule has 1 unspecified atom stereocenters. The number of carbonyl (C=O) groups excluding carboxylic acids is 1. The van der Waals surface area contributed by atoms with Gasteiger partial charge >= 0.3 is 12.1 Å². The highest BCUT2D eigenvalue weighted by molar-refractivity contribution is 6.34. The number of benzene rings is 3. The van der Waals surface area contributed by atoms with Gasteiger partial charge in [-0.15, -0.1) is 0 Å². The molecular weight excluding hydrogens is 602 g/mol. The second kappa shape index (κ2) is 11.4. The van der Waals surface area contributed by atoms with E-state index in [-0.39, 0.29) is 29.3 Å². The summed E-state index contributed by atoms with van der Waals surface area (Å²) in [5.41, 5.74) is 1.78. The fourth-order valence-corrected chi connectivity index (χ4v) is 6.27. The van der Waals surface area contributed by atoms with Crippen molar-refractivity contribution < 1.29 is 41.7 Å². The van der Waals surface area contributed by atoms with Crippen LogP contribution in [-0.2, 0) is 28.5 Å². The maximum Gasteiger partial charge on any atom is 0.416 e. The summed E-state index contributed by atoms with van der Waals surface area (Å²) in [4.78, 5) is 27.8. The lowest BCUT2D eigenvalue weighted by Crippen LogP contribution is -2.30. The van der Waals surface area contributed by atoms with Crippen LogP contribution in [0.3, 0.4) is 0 Å². The first-order valence-corrected chi connectivity index (χ1v) is 14.6. The molecular formula is C33H32ClF4NO5. The Morgan fingerprint density at radius 1 is 1.07 bits per heavy atom. The van der Waals surface area contributed by atoms with Gasteiger partial charge in [0.2, 0.25) is 0 Å². The van der Waals surface area contributed by atoms with Gasteiger partial charge in [0.1, 0.15) is 0 Å². The van der Waals surface area contributed by atoms with Gasteiger partial charge in [-0.25, -0.2) is 9.18 Å². The van der Waals surface area contributed by atoms with E-state index in [1.807, 2.05) is 6.92 Å². The van der Waals surface area contributed by atoms with E-state index >= 15 is 4.39 Å². The van der Waals surface area contributed by atoms with Crippen molar-refractivity contribution in [3.8, 4) is 16.9 Å². The summed E-state index contributed by atoms with van der Waals surface area (Å²) in [6.07, 6.45) is -4.64. The van der Waals surface area contributed by atoms with E-state index < -0.39 is 41.1 Å². The van der Waals surface area contributed by atoms with Crippen LogP contribution in [-0.4, -0.2) is 35.7 Å². The summed E-state index contributed by atoms with van der Waals surface area (Å²) < 4.78 is 67.7. The molecule has 0 bridgehead atoms. The van der Waals surface area contributed by atoms with Gasteiger partial charge in [0.15, 0.2) is 17.7 Å². The molecule has 0 fully saturated rings. The van der Waals surface area contributed by atoms with E-state index in [1.165, 1.54) is 11.0 Å². The van der Waals surface area contributed by atoms with Gasteiger partial charge in [0.05, 0.1) is 28.4 Å². The molecule has 0 aliphatic carbocycles. The standard InChI is InChI=1S/C33H32ClF4NO5/c1-16-13-25-20(10-11-39(25)30(40)22-14-18(33(36,37)38)8-9-23(22)34)27(26(16)29(31(41)42)44-32(3,4)5)21-15-24(35)28-19(17(21)2)7-6-12-43-28/h8-9,13-15,29H,6-7,10-12H2,1-5H3,(H,41,42). The van der Waals surface area contributed by atoms with Crippen molar-refractivity contribution in [1.82, 2.24) is 0 Å². The number of nitrogens with zero attached hydrogens (tertiary/aromatic N) is 1. The van der Waals surface area contributed by atoms with Crippen LogP contribution in [0, 0.1) is 19.7 Å². The maximum absolute atomic E-state index is 15.6. The Morgan fingerprint density at radius 3 is 2.41 bits per heavy atom. The Balaban J connectivity index is 1.76. The number of halogens is 5. The molecule has 1 atom stereocenters. The van der Waals surface area contributed by atoms with E-state index in [9.17, 15) is 27.9 Å². The second-order valence-corrected chi connectivity index (χ2v) is 12.5. The summed E-state index contributed by atoms with van der Waals surface area (Å²) >= 11 is 6.22. The van der Waals surface area contributed by atoms with Gasteiger partial charge in [-0.3, -0.25) is 4.79 Å². The van der Waals surface area contributed by atoms with Crippen molar-refractivity contribution in [3.05, 3.63) is 80.1 Å². The quantitative estimate of drug-likeness (QED) is 0.286. The topological polar surface area (TPSA) is 76.1 Å². The SMILES string of the molecule is Cc1cc2c(c(-c3cc(F)c4c(c3C)CCCO4)c1C(OC(C)(C)C)C(=O)O)CCN2C(=O)c1cc(C(F)(F)F)ccc1Cl. The molecule has 2 heterocycles. The Hall–Kier alpha value is -3.63. The van der Waals surface area contributed by atoms with Crippen molar-refractivity contribution in [2.45, 2.75) is 71.8 Å². The molecule has 1 N–H and O–H groups in total. The first-order valence-electron chi connectivity index (χ1n) is 14.2. The minimum absolute atomic E-state index is 0.0874. The third kappa shape index (κ3) is 5.77. The van der Waals surface area contributed by atoms with Gasteiger partial charge in [0.25, 0.3) is 5.91 Å². The van der Waals surface area contributed by atoms with Gasteiger partial charge in [-0.2, -0.15) is 13.2 Å². The minimum atomic E-state index is -4.68. The average Bonchev–Trinajstić information content (AvgIpc) is 3.35. The second-order valence-electron chi connectivity index (χ2n) is 12.1. The van der Waals surface area contributed by atoms with Crippen molar-refractivity contribution in [2.75, 3.05) is 18.1 Å². The summed E-state index contributed by atoms with van der Waals surface area (Å²) in [6, 6.07) is 5.53. The van der Waals surface area contributed by atoms with Crippen molar-refractivity contribution in [1.29, 1.82) is 0 Å². The summed E-state index contributed by atoms with van der Waals surface area (Å²) in [6.45, 7) is 9.14. The lowest BCUT2D eigenvalue weighted by molar-refractivity contribution is -0.160. The monoisotopic (exact) mass is 633 g/mol. The molecule has 0 saturated heterocycles. The zero-order chi connectivity index (χ0) is 32.3. The molecule has 3 aromatic rings. The molecule has 6 nitrogen and oxygen atoms in total. The van der Waals surface area contributed by atoms with Crippen LogP contribution in [0.1, 0.15) is 77.0 Å². The first-order chi connectivity index (χ1) is 20.5. The third-order valence-electron chi connectivity index (χ3n) is 7.97. The number of alkyl halides is 3. The number of ether oxygens (including phenoxy) is 2. The van der Waals surface area contributed by atoms with Crippen LogP contribution in [0.2, 0.25) is 5.02 Å². The minimum Gasteiger partial charge on any atom is -0.490 e. The molecule has 11 heteroatoms. The molecule has 0 spiro atoms. The Bertz CT molecular complexity index is 1680. The van der Waals surface area contributed by atoms with E-state index in [0.29, 0.717) is 64.1 Å². The van der Waals surface area contributed by atoms with Gasteiger partial charge in [-0.05, 0) is 112 Å². The molecule has 1 amide bonds. The Morgan fingerprint density at radius 2 is 1.77 bits per heavy atom. The zero-order valence-electron chi connectivity index (χ0n) is 24.9. The smallest absolute Gasteiger partial charge is 0.416 e. The van der Waals surface area contributed by atoms with Crippen LogP contribution in [0.4, 0.5) is 23.2 Å². The number of anilines is 1. The van der Waals surface area contributed by atoms with Crippen molar-refractivity contribution in [2.24, 2.45) is 0 Å². The van der Waals surface area contributed by atoms with Gasteiger partial charge in [-0.1, -0.05) is 11.6 Å². The number of carboxylic acids is 1. The normalized spacial score (nSPS) is 15.5. The number of hydrogen-bond acceptors (Lipinski definition) is 4. The van der Waals surface area contributed by atoms with Crippen LogP contribution < -0.4 is 9.64 Å². The Kier molecular flexibility index (Phi) is 8.22. The van der Waals surface area contributed by atoms with Crippen LogP contribution in [0.25, 0.3) is 11.1 Å². The highest BCUT2D eigenvalue weighted by Gasteiger charge is 2.38. The predicted molar refractivity (Wildman–Crippen MR) is 158 cm³/mol. The fraction of sp³-hybridized carbons (Fsp3) is 0.394. The van der Waals surface area contributed by atoms with Crippen LogP contribution in [0.15, 0.2) is 30.3 Å². The lowest BCUT2D eigenvalue weighted by atomic mass is 9.83. The summed E-state index contributed by atoms with van der Waals surface area (Å²) in [7, 11) is 0. The largest absolute Gasteiger partial charge is 0.490 e. The molecule has 0 saturated carbocycles. The number of amides is 1. The van der Waals surface area contributed by atoms with Crippen LogP contribution >= 0.6 is 11.6 Å². The lowest BCUT2D eigenvalue weighted by Gasteiger charge is -2.30. The summed E-state index contributed by atoms with van der Waals surface area (Å²) in [5, 5.41) is 10.2. The Labute approximate surface area is 257 Å². The number of rotatable bonds is 5. The number of aryl methyl sites for hydroxylation is 1. The predicted octanol–water partition coefficient (Wildman–Crippen LogP) is 8.25. The number of carboxylic acid groups (broad SMARTS) is 1. The highest BCUT2D eigenvalue weighted by Crippen LogP contribution is 2.48. The summed E-state index contributed by atoms with van der Waals surface area (Å²) in [5.74, 6) is -2.40. The number of carbonyl (C=O) groups is 2.